The van der Waals surface area contributed by atoms with Crippen LogP contribution in [0.5, 0.6) is 0 Å². The lowest BCUT2D eigenvalue weighted by molar-refractivity contribution is 1.06. The average molecular weight is 423 g/mol. The number of rotatable bonds is 0. The van der Waals surface area contributed by atoms with Crippen molar-refractivity contribution < 1.29 is 0 Å². The zero-order chi connectivity index (χ0) is 17.9. The van der Waals surface area contributed by atoms with Gasteiger partial charge in [-0.25, -0.2) is 0 Å². The van der Waals surface area contributed by atoms with Gasteiger partial charge in [-0.3, -0.25) is 9.97 Å². The molecule has 2 aromatic rings. The molecule has 140 valence electrons. The van der Waals surface area contributed by atoms with E-state index in [-0.39, 0.29) is 0 Å². The average Bonchev–Trinajstić information content (AvgIpc) is 2.66. The Morgan fingerprint density at radius 1 is 0.500 bits per heavy atom. The highest BCUT2D eigenvalue weighted by molar-refractivity contribution is 7.99. The Bertz CT molecular complexity index is 562. The number of fused-ring (bicyclic) bond motifs is 4. The third kappa shape index (κ3) is 7.75. The standard InChI is InChI=1S/C20H26N2S4/c1-5-17-13-23-9-3-11-25-15-19-7-2-8-20(22-19)16-26-12-4-10-24-14-18(6-1)21-17/h1-2,5-8H,3-4,9-16H2. The molecule has 4 bridgehead atoms. The first-order chi connectivity index (χ1) is 12.9. The van der Waals surface area contributed by atoms with Crippen LogP contribution in [0.4, 0.5) is 0 Å². The second kappa shape index (κ2) is 12.2. The van der Waals surface area contributed by atoms with Gasteiger partial charge in [0.15, 0.2) is 0 Å². The van der Waals surface area contributed by atoms with Crippen molar-refractivity contribution in [3.63, 3.8) is 0 Å². The number of hydrogen-bond acceptors (Lipinski definition) is 6. The predicted molar refractivity (Wildman–Crippen MR) is 122 cm³/mol. The summed E-state index contributed by atoms with van der Waals surface area (Å²) in [6.07, 6.45) is 2.50. The summed E-state index contributed by atoms with van der Waals surface area (Å²) >= 11 is 8.02. The Kier molecular flexibility index (Phi) is 9.60. The summed E-state index contributed by atoms with van der Waals surface area (Å²) in [7, 11) is 0. The maximum atomic E-state index is 4.82. The molecule has 0 aromatic carbocycles. The van der Waals surface area contributed by atoms with E-state index in [2.05, 4.69) is 36.4 Å². The third-order valence-electron chi connectivity index (χ3n) is 3.88. The van der Waals surface area contributed by atoms with Crippen molar-refractivity contribution in [2.24, 2.45) is 0 Å². The highest BCUT2D eigenvalue weighted by Gasteiger charge is 2.03. The molecule has 0 atom stereocenters. The van der Waals surface area contributed by atoms with E-state index in [4.69, 9.17) is 9.97 Å². The van der Waals surface area contributed by atoms with Crippen molar-refractivity contribution in [2.75, 3.05) is 23.0 Å². The minimum atomic E-state index is 1.03. The van der Waals surface area contributed by atoms with Crippen LogP contribution < -0.4 is 0 Å². The second-order valence-corrected chi connectivity index (χ2v) is 10.6. The van der Waals surface area contributed by atoms with Crippen LogP contribution >= 0.6 is 47.0 Å². The van der Waals surface area contributed by atoms with Gasteiger partial charge in [0.2, 0.25) is 0 Å². The summed E-state index contributed by atoms with van der Waals surface area (Å²) in [5.41, 5.74) is 4.91. The fraction of sp³-hybridized carbons (Fsp3) is 0.500. The van der Waals surface area contributed by atoms with E-state index >= 15 is 0 Å². The van der Waals surface area contributed by atoms with Gasteiger partial charge in [-0.15, -0.1) is 0 Å². The lowest BCUT2D eigenvalue weighted by atomic mass is 10.3. The van der Waals surface area contributed by atoms with Gasteiger partial charge in [0.25, 0.3) is 0 Å². The lowest BCUT2D eigenvalue weighted by Gasteiger charge is -2.07. The molecule has 3 heterocycles. The summed E-state index contributed by atoms with van der Waals surface area (Å²) in [4.78, 5) is 9.64. The first kappa shape index (κ1) is 20.4. The molecule has 2 aromatic heterocycles. The Morgan fingerprint density at radius 2 is 0.808 bits per heavy atom. The van der Waals surface area contributed by atoms with Gasteiger partial charge in [-0.2, -0.15) is 47.0 Å². The van der Waals surface area contributed by atoms with Gasteiger partial charge in [0.1, 0.15) is 0 Å². The molecule has 1 aliphatic heterocycles. The fourth-order valence-electron chi connectivity index (χ4n) is 2.61. The molecule has 0 unspecified atom stereocenters. The summed E-state index contributed by atoms with van der Waals surface area (Å²) in [5.74, 6) is 8.95. The lowest BCUT2D eigenvalue weighted by Crippen LogP contribution is -1.96. The Labute approximate surface area is 174 Å². The molecule has 2 nitrogen and oxygen atoms in total. The van der Waals surface area contributed by atoms with Gasteiger partial charge in [-0.05, 0) is 60.1 Å². The van der Waals surface area contributed by atoms with Crippen molar-refractivity contribution in [1.82, 2.24) is 9.97 Å². The molecule has 0 aliphatic carbocycles. The van der Waals surface area contributed by atoms with E-state index in [1.54, 1.807) is 0 Å². The van der Waals surface area contributed by atoms with E-state index < -0.39 is 0 Å². The van der Waals surface area contributed by atoms with Gasteiger partial charge in [-0.1, -0.05) is 12.1 Å². The van der Waals surface area contributed by atoms with Gasteiger partial charge < -0.3 is 0 Å². The maximum Gasteiger partial charge on any atom is 0.0506 e. The highest BCUT2D eigenvalue weighted by Crippen LogP contribution is 2.20. The quantitative estimate of drug-likeness (QED) is 0.524. The third-order valence-corrected chi connectivity index (χ3v) is 8.19. The van der Waals surface area contributed by atoms with Crippen LogP contribution in [0.15, 0.2) is 36.4 Å². The largest absolute Gasteiger partial charge is 0.256 e. The minimum Gasteiger partial charge on any atom is -0.256 e. The minimum absolute atomic E-state index is 1.03. The number of pyridine rings is 2. The second-order valence-electron chi connectivity index (χ2n) is 6.16. The predicted octanol–water partition coefficient (Wildman–Crippen LogP) is 5.90. The summed E-state index contributed by atoms with van der Waals surface area (Å²) < 4.78 is 0. The molecular formula is C20H26N2S4. The summed E-state index contributed by atoms with van der Waals surface area (Å²) in [6, 6.07) is 13.0. The number of thioether (sulfide) groups is 4. The first-order valence-electron chi connectivity index (χ1n) is 9.11. The molecule has 3 rings (SSSR count). The van der Waals surface area contributed by atoms with E-state index in [1.807, 2.05) is 47.0 Å². The zero-order valence-corrected chi connectivity index (χ0v) is 18.3. The van der Waals surface area contributed by atoms with Crippen molar-refractivity contribution >= 4 is 47.0 Å². The molecule has 6 heteroatoms. The molecule has 0 saturated carbocycles. The number of hydrogen-bond donors (Lipinski definition) is 0. The molecule has 1 aliphatic rings. The Hall–Kier alpha value is -0.300. The highest BCUT2D eigenvalue weighted by atomic mass is 32.2. The molecule has 0 radical (unpaired) electrons. The molecular weight excluding hydrogens is 397 g/mol. The Balaban J connectivity index is 1.53. The van der Waals surface area contributed by atoms with Crippen molar-refractivity contribution in [1.29, 1.82) is 0 Å². The van der Waals surface area contributed by atoms with Crippen LogP contribution in [-0.2, 0) is 23.0 Å². The van der Waals surface area contributed by atoms with Crippen LogP contribution in [0.3, 0.4) is 0 Å². The van der Waals surface area contributed by atoms with Crippen LogP contribution in [0.25, 0.3) is 0 Å². The number of nitrogens with zero attached hydrogens (tertiary/aromatic N) is 2. The SMILES string of the molecule is c1cc2nc(c1)CSCCCSCc1cccc(n1)CSCCCSC2. The van der Waals surface area contributed by atoms with Crippen LogP contribution in [0.1, 0.15) is 35.6 Å². The van der Waals surface area contributed by atoms with Crippen LogP contribution in [0, 0.1) is 0 Å². The molecule has 0 spiro atoms. The van der Waals surface area contributed by atoms with E-state index in [9.17, 15) is 0 Å². The first-order valence-corrected chi connectivity index (χ1v) is 13.7. The molecule has 0 saturated heterocycles. The smallest absolute Gasteiger partial charge is 0.0506 e. The summed E-state index contributed by atoms with van der Waals surface area (Å²) in [6.45, 7) is 0. The van der Waals surface area contributed by atoms with E-state index in [0.717, 1.165) is 23.0 Å². The molecule has 26 heavy (non-hydrogen) atoms. The van der Waals surface area contributed by atoms with Gasteiger partial charge in [0, 0.05) is 23.0 Å². The maximum absolute atomic E-state index is 4.82. The topological polar surface area (TPSA) is 25.8 Å². The van der Waals surface area contributed by atoms with Crippen LogP contribution in [0.2, 0.25) is 0 Å². The fourth-order valence-corrected chi connectivity index (χ4v) is 6.43. The van der Waals surface area contributed by atoms with E-state index in [0.29, 0.717) is 0 Å². The normalized spacial score (nSPS) is 18.2. The van der Waals surface area contributed by atoms with Crippen molar-refractivity contribution in [2.45, 2.75) is 35.9 Å². The number of aromatic nitrogens is 2. The van der Waals surface area contributed by atoms with E-state index in [1.165, 1.54) is 58.6 Å². The van der Waals surface area contributed by atoms with Gasteiger partial charge in [0.05, 0.1) is 22.8 Å². The van der Waals surface area contributed by atoms with Crippen molar-refractivity contribution in [3.8, 4) is 0 Å². The molecule has 0 amide bonds. The Morgan fingerprint density at radius 3 is 1.12 bits per heavy atom. The summed E-state index contributed by atoms with van der Waals surface area (Å²) in [5, 5.41) is 0. The van der Waals surface area contributed by atoms with Crippen LogP contribution in [-0.4, -0.2) is 33.0 Å². The molecule has 0 N–H and O–H groups in total. The van der Waals surface area contributed by atoms with Gasteiger partial charge >= 0.3 is 0 Å². The molecule has 0 fully saturated rings. The monoisotopic (exact) mass is 422 g/mol. The zero-order valence-electron chi connectivity index (χ0n) is 15.1. The van der Waals surface area contributed by atoms with Crippen molar-refractivity contribution in [3.05, 3.63) is 59.2 Å².